The van der Waals surface area contributed by atoms with E-state index in [4.69, 9.17) is 0 Å². The van der Waals surface area contributed by atoms with Gasteiger partial charge in [0.2, 0.25) is 15.9 Å². The van der Waals surface area contributed by atoms with Crippen molar-refractivity contribution in [2.24, 2.45) is 9.98 Å². The van der Waals surface area contributed by atoms with Crippen LogP contribution < -0.4 is 20.8 Å². The van der Waals surface area contributed by atoms with Gasteiger partial charge >= 0.3 is 6.03 Å². The molecule has 8 nitrogen and oxygen atoms in total. The summed E-state index contributed by atoms with van der Waals surface area (Å²) in [5, 5.41) is 3.61. The first-order valence-electron chi connectivity index (χ1n) is 7.31. The van der Waals surface area contributed by atoms with Crippen molar-refractivity contribution in [3.05, 3.63) is 58.7 Å². The molecule has 1 heterocycles. The van der Waals surface area contributed by atoms with E-state index < -0.39 is 16.1 Å². The lowest BCUT2D eigenvalue weighted by atomic mass is 10.1. The van der Waals surface area contributed by atoms with E-state index >= 15 is 0 Å². The van der Waals surface area contributed by atoms with E-state index in [1.807, 2.05) is 0 Å². The van der Waals surface area contributed by atoms with Gasteiger partial charge in [0.25, 0.3) is 0 Å². The first-order valence-corrected chi connectivity index (χ1v) is 8.79. The van der Waals surface area contributed by atoms with Crippen LogP contribution in [0.5, 0.6) is 0 Å². The monoisotopic (exact) mass is 358 g/mol. The van der Waals surface area contributed by atoms with Gasteiger partial charge in [0.15, 0.2) is 0 Å². The van der Waals surface area contributed by atoms with E-state index in [2.05, 4.69) is 20.0 Å². The van der Waals surface area contributed by atoms with E-state index in [1.54, 1.807) is 30.3 Å². The SMILES string of the molecule is CNS(=O)(=O)c1ccc(CC(=O)Nc2ccc3c(c2)=NC(=O)N=3)cc1. The number of hydrogen-bond acceptors (Lipinski definition) is 4. The molecule has 25 heavy (non-hydrogen) atoms. The Hall–Kier alpha value is -2.91. The van der Waals surface area contributed by atoms with Gasteiger partial charge in [-0.05, 0) is 42.9 Å². The highest BCUT2D eigenvalue weighted by atomic mass is 32.2. The van der Waals surface area contributed by atoms with Crippen LogP contribution in [0.1, 0.15) is 5.56 Å². The summed E-state index contributed by atoms with van der Waals surface area (Å²) in [6.07, 6.45) is 0.0808. The number of carbonyl (C=O) groups excluding carboxylic acids is 2. The van der Waals surface area contributed by atoms with E-state index in [0.29, 0.717) is 22.0 Å². The Morgan fingerprint density at radius 2 is 1.72 bits per heavy atom. The van der Waals surface area contributed by atoms with E-state index in [-0.39, 0.29) is 17.2 Å². The first-order chi connectivity index (χ1) is 11.9. The molecule has 3 rings (SSSR count). The van der Waals surface area contributed by atoms with Crippen LogP contribution in [0.2, 0.25) is 0 Å². The summed E-state index contributed by atoms with van der Waals surface area (Å²) in [5.41, 5.74) is 1.18. The summed E-state index contributed by atoms with van der Waals surface area (Å²) >= 11 is 0. The summed E-state index contributed by atoms with van der Waals surface area (Å²) in [6.45, 7) is 0. The molecule has 1 aliphatic heterocycles. The fourth-order valence-electron chi connectivity index (χ4n) is 2.31. The van der Waals surface area contributed by atoms with Gasteiger partial charge in [0, 0.05) is 5.69 Å². The summed E-state index contributed by atoms with van der Waals surface area (Å²) in [7, 11) is -2.17. The number of anilines is 1. The maximum atomic E-state index is 12.1. The number of hydrogen-bond donors (Lipinski definition) is 2. The molecule has 0 unspecified atom stereocenters. The van der Waals surface area contributed by atoms with Gasteiger partial charge in [-0.15, -0.1) is 0 Å². The number of amides is 3. The predicted octanol–water partition coefficient (Wildman–Crippen LogP) is 0.149. The van der Waals surface area contributed by atoms with Gasteiger partial charge in [0.1, 0.15) is 0 Å². The summed E-state index contributed by atoms with van der Waals surface area (Å²) in [5.74, 6) is -0.273. The van der Waals surface area contributed by atoms with E-state index in [1.165, 1.54) is 19.2 Å². The van der Waals surface area contributed by atoms with Crippen molar-refractivity contribution in [3.63, 3.8) is 0 Å². The molecule has 0 saturated heterocycles. The van der Waals surface area contributed by atoms with Crippen LogP contribution in [0.4, 0.5) is 10.5 Å². The number of sulfonamides is 1. The molecule has 3 amide bonds. The fourth-order valence-corrected chi connectivity index (χ4v) is 3.04. The lowest BCUT2D eigenvalue weighted by Crippen LogP contribution is -2.23. The Bertz CT molecular complexity index is 1080. The molecule has 0 aromatic heterocycles. The molecule has 0 saturated carbocycles. The van der Waals surface area contributed by atoms with Crippen molar-refractivity contribution in [3.8, 4) is 0 Å². The minimum Gasteiger partial charge on any atom is -0.326 e. The third-order valence-electron chi connectivity index (χ3n) is 3.56. The van der Waals surface area contributed by atoms with Gasteiger partial charge in [-0.3, -0.25) is 4.79 Å². The Morgan fingerprint density at radius 1 is 1.04 bits per heavy atom. The molecular formula is C16H14N4O4S. The van der Waals surface area contributed by atoms with Crippen LogP contribution in [0.15, 0.2) is 57.3 Å². The Labute approximate surface area is 143 Å². The average Bonchev–Trinajstić information content (AvgIpc) is 2.94. The number of nitrogens with zero attached hydrogens (tertiary/aromatic N) is 2. The molecule has 0 fully saturated rings. The number of carbonyl (C=O) groups is 2. The molecule has 2 aromatic rings. The molecule has 2 N–H and O–H groups in total. The van der Waals surface area contributed by atoms with Crippen LogP contribution in [0.25, 0.3) is 0 Å². The largest absolute Gasteiger partial charge is 0.368 e. The maximum absolute atomic E-state index is 12.1. The smallest absolute Gasteiger partial charge is 0.326 e. The van der Waals surface area contributed by atoms with Gasteiger partial charge in [0.05, 0.1) is 22.0 Å². The highest BCUT2D eigenvalue weighted by Gasteiger charge is 2.12. The van der Waals surface area contributed by atoms with Crippen molar-refractivity contribution in [1.29, 1.82) is 0 Å². The molecular weight excluding hydrogens is 344 g/mol. The van der Waals surface area contributed by atoms with Crippen molar-refractivity contribution >= 4 is 27.6 Å². The molecule has 0 aliphatic carbocycles. The highest BCUT2D eigenvalue weighted by Crippen LogP contribution is 2.11. The van der Waals surface area contributed by atoms with Crippen molar-refractivity contribution in [1.82, 2.24) is 4.72 Å². The number of fused-ring (bicyclic) bond motifs is 1. The van der Waals surface area contributed by atoms with Crippen molar-refractivity contribution < 1.29 is 18.0 Å². The number of rotatable bonds is 5. The summed E-state index contributed by atoms with van der Waals surface area (Å²) < 4.78 is 25.5. The molecule has 9 heteroatoms. The topological polar surface area (TPSA) is 117 Å². The molecule has 0 atom stereocenters. The Balaban J connectivity index is 1.70. The Kier molecular flexibility index (Phi) is 4.43. The predicted molar refractivity (Wildman–Crippen MR) is 89.2 cm³/mol. The third kappa shape index (κ3) is 3.78. The van der Waals surface area contributed by atoms with E-state index in [0.717, 1.165) is 0 Å². The zero-order valence-electron chi connectivity index (χ0n) is 13.2. The number of urea groups is 1. The second-order valence-electron chi connectivity index (χ2n) is 5.29. The normalized spacial score (nSPS) is 12.9. The minimum atomic E-state index is -3.50. The van der Waals surface area contributed by atoms with Crippen LogP contribution in [0, 0.1) is 0 Å². The Morgan fingerprint density at radius 3 is 2.40 bits per heavy atom. The molecule has 2 aromatic carbocycles. The van der Waals surface area contributed by atoms with Crippen LogP contribution >= 0.6 is 0 Å². The third-order valence-corrected chi connectivity index (χ3v) is 4.99. The van der Waals surface area contributed by atoms with Gasteiger partial charge in [-0.1, -0.05) is 12.1 Å². The highest BCUT2D eigenvalue weighted by molar-refractivity contribution is 7.89. The fraction of sp³-hybridized carbons (Fsp3) is 0.125. The maximum Gasteiger partial charge on any atom is 0.368 e. The molecule has 1 aliphatic rings. The molecule has 0 radical (unpaired) electrons. The van der Waals surface area contributed by atoms with Crippen LogP contribution in [-0.2, 0) is 21.2 Å². The molecule has 128 valence electrons. The number of benzene rings is 2. The standard InChI is InChI=1S/C16H14N4O4S/c1-17-25(23,24)12-5-2-10(3-6-12)8-15(21)18-11-4-7-13-14(9-11)20-16(22)19-13/h2-7,9,17H,8H2,1H3,(H,18,21). The zero-order valence-corrected chi connectivity index (χ0v) is 14.0. The van der Waals surface area contributed by atoms with E-state index in [9.17, 15) is 18.0 Å². The van der Waals surface area contributed by atoms with Crippen molar-refractivity contribution in [2.45, 2.75) is 11.3 Å². The van der Waals surface area contributed by atoms with Gasteiger partial charge in [-0.2, -0.15) is 9.98 Å². The average molecular weight is 358 g/mol. The van der Waals surface area contributed by atoms with Crippen molar-refractivity contribution in [2.75, 3.05) is 12.4 Å². The quantitative estimate of drug-likeness (QED) is 0.791. The lowest BCUT2D eigenvalue weighted by Gasteiger charge is -2.06. The van der Waals surface area contributed by atoms with Crippen LogP contribution in [-0.4, -0.2) is 27.4 Å². The molecule has 0 bridgehead atoms. The summed E-state index contributed by atoms with van der Waals surface area (Å²) in [6, 6.07) is 10.3. The summed E-state index contributed by atoms with van der Waals surface area (Å²) in [4.78, 5) is 30.8. The minimum absolute atomic E-state index is 0.0808. The van der Waals surface area contributed by atoms with Crippen LogP contribution in [0.3, 0.4) is 0 Å². The lowest BCUT2D eigenvalue weighted by molar-refractivity contribution is -0.115. The first kappa shape index (κ1) is 16.9. The van der Waals surface area contributed by atoms with Gasteiger partial charge in [-0.25, -0.2) is 17.9 Å². The number of nitrogens with one attached hydrogen (secondary N) is 2. The zero-order chi connectivity index (χ0) is 18.0. The second-order valence-corrected chi connectivity index (χ2v) is 7.17. The molecule has 0 spiro atoms. The van der Waals surface area contributed by atoms with Gasteiger partial charge < -0.3 is 5.32 Å². The second kappa shape index (κ2) is 6.54.